The summed E-state index contributed by atoms with van der Waals surface area (Å²) in [7, 11) is 0. The molecule has 3 N–H and O–H groups in total. The van der Waals surface area contributed by atoms with E-state index in [0.717, 1.165) is 0 Å². The van der Waals surface area contributed by atoms with Crippen molar-refractivity contribution < 1.29 is 9.90 Å². The standard InChI is InChI=1S/C5H10N2O2.ClH/c6-5(9)7-2-1-4(8)3-7;/h4,8H,1-3H2,(H2,6,9);1H. The van der Waals surface area contributed by atoms with E-state index in [1.165, 1.54) is 4.90 Å². The van der Waals surface area contributed by atoms with Crippen LogP contribution in [0.2, 0.25) is 0 Å². The lowest BCUT2D eigenvalue weighted by Gasteiger charge is -2.10. The molecule has 0 aromatic carbocycles. The zero-order valence-electron chi connectivity index (χ0n) is 5.49. The third kappa shape index (κ3) is 2.04. The largest absolute Gasteiger partial charge is 0.391 e. The van der Waals surface area contributed by atoms with Crippen LogP contribution in [0.1, 0.15) is 6.42 Å². The van der Waals surface area contributed by atoms with E-state index in [9.17, 15) is 4.79 Å². The first kappa shape index (κ1) is 9.52. The Hall–Kier alpha value is -0.480. The molecular formula is C5H11ClN2O2. The van der Waals surface area contributed by atoms with Crippen molar-refractivity contribution >= 4 is 18.4 Å². The molecule has 60 valence electrons. The summed E-state index contributed by atoms with van der Waals surface area (Å²) in [5, 5.41) is 8.90. The van der Waals surface area contributed by atoms with E-state index in [0.29, 0.717) is 19.5 Å². The van der Waals surface area contributed by atoms with E-state index in [2.05, 4.69) is 0 Å². The summed E-state index contributed by atoms with van der Waals surface area (Å²) in [5.74, 6) is 0. The second-order valence-corrected chi connectivity index (χ2v) is 2.23. The van der Waals surface area contributed by atoms with Crippen LogP contribution in [0.3, 0.4) is 0 Å². The van der Waals surface area contributed by atoms with Crippen LogP contribution in [-0.4, -0.2) is 35.2 Å². The van der Waals surface area contributed by atoms with Gasteiger partial charge in [0, 0.05) is 13.1 Å². The van der Waals surface area contributed by atoms with Gasteiger partial charge in [-0.2, -0.15) is 0 Å². The molecule has 1 atom stereocenters. The summed E-state index contributed by atoms with van der Waals surface area (Å²) in [6.45, 7) is 0.992. The maximum absolute atomic E-state index is 10.4. The van der Waals surface area contributed by atoms with Gasteiger partial charge in [-0.25, -0.2) is 4.79 Å². The second-order valence-electron chi connectivity index (χ2n) is 2.23. The van der Waals surface area contributed by atoms with Crippen LogP contribution in [0, 0.1) is 0 Å². The normalized spacial score (nSPS) is 24.1. The second kappa shape index (κ2) is 3.63. The Kier molecular flexibility index (Phi) is 3.46. The fourth-order valence-electron chi connectivity index (χ4n) is 0.942. The Morgan fingerprint density at radius 3 is 2.50 bits per heavy atom. The lowest BCUT2D eigenvalue weighted by atomic mass is 10.3. The van der Waals surface area contributed by atoms with E-state index in [-0.39, 0.29) is 18.5 Å². The predicted molar refractivity (Wildman–Crippen MR) is 39.0 cm³/mol. The number of carbonyl (C=O) groups excluding carboxylic acids is 1. The highest BCUT2D eigenvalue weighted by molar-refractivity contribution is 5.85. The number of nitrogens with zero attached hydrogens (tertiary/aromatic N) is 1. The number of urea groups is 1. The molecular weight excluding hydrogens is 156 g/mol. The molecule has 1 rings (SSSR count). The van der Waals surface area contributed by atoms with E-state index in [1.54, 1.807) is 0 Å². The van der Waals surface area contributed by atoms with Crippen molar-refractivity contribution in [2.24, 2.45) is 5.73 Å². The number of likely N-dealkylation sites (tertiary alicyclic amines) is 1. The van der Waals surface area contributed by atoms with Gasteiger partial charge in [-0.05, 0) is 6.42 Å². The molecule has 2 amide bonds. The fraction of sp³-hybridized carbons (Fsp3) is 0.800. The van der Waals surface area contributed by atoms with Crippen LogP contribution in [0.4, 0.5) is 4.79 Å². The number of halogens is 1. The van der Waals surface area contributed by atoms with Crippen LogP contribution < -0.4 is 5.73 Å². The van der Waals surface area contributed by atoms with Crippen molar-refractivity contribution in [3.05, 3.63) is 0 Å². The number of nitrogens with two attached hydrogens (primary N) is 1. The minimum atomic E-state index is -0.438. The molecule has 1 aliphatic rings. The maximum atomic E-state index is 10.4. The number of amides is 2. The number of carbonyl (C=O) groups is 1. The zero-order valence-corrected chi connectivity index (χ0v) is 6.30. The molecule has 1 unspecified atom stereocenters. The molecule has 10 heavy (non-hydrogen) atoms. The van der Waals surface area contributed by atoms with Gasteiger partial charge in [0.1, 0.15) is 0 Å². The van der Waals surface area contributed by atoms with Gasteiger partial charge in [0.2, 0.25) is 0 Å². The van der Waals surface area contributed by atoms with Gasteiger partial charge in [-0.3, -0.25) is 0 Å². The number of aliphatic hydroxyl groups excluding tert-OH is 1. The molecule has 1 fully saturated rings. The first-order valence-corrected chi connectivity index (χ1v) is 2.92. The highest BCUT2D eigenvalue weighted by Gasteiger charge is 2.21. The Balaban J connectivity index is 0.000000810. The van der Waals surface area contributed by atoms with Crippen molar-refractivity contribution in [1.82, 2.24) is 4.90 Å². The summed E-state index contributed by atoms with van der Waals surface area (Å²) in [6, 6.07) is -0.438. The Morgan fingerprint density at radius 2 is 2.30 bits per heavy atom. The molecule has 0 saturated carbocycles. The lowest BCUT2D eigenvalue weighted by Crippen LogP contribution is -2.34. The number of β-amino-alcohol motifs (C(OH)–C–C–N with tert-alkyl or cyclic N) is 1. The lowest BCUT2D eigenvalue weighted by molar-refractivity contribution is 0.175. The fourth-order valence-corrected chi connectivity index (χ4v) is 0.942. The summed E-state index contributed by atoms with van der Waals surface area (Å²) in [5.41, 5.74) is 4.94. The summed E-state index contributed by atoms with van der Waals surface area (Å²) in [4.78, 5) is 11.8. The van der Waals surface area contributed by atoms with Crippen molar-refractivity contribution in [2.75, 3.05) is 13.1 Å². The number of hydrogen-bond acceptors (Lipinski definition) is 2. The smallest absolute Gasteiger partial charge is 0.314 e. The van der Waals surface area contributed by atoms with E-state index >= 15 is 0 Å². The molecule has 1 aliphatic heterocycles. The maximum Gasteiger partial charge on any atom is 0.314 e. The minimum Gasteiger partial charge on any atom is -0.391 e. The molecule has 1 saturated heterocycles. The van der Waals surface area contributed by atoms with Crippen molar-refractivity contribution in [1.29, 1.82) is 0 Å². The summed E-state index contributed by atoms with van der Waals surface area (Å²) in [6.07, 6.45) is 0.292. The van der Waals surface area contributed by atoms with Crippen molar-refractivity contribution in [3.63, 3.8) is 0 Å². The van der Waals surface area contributed by atoms with E-state index in [1.807, 2.05) is 0 Å². The van der Waals surface area contributed by atoms with Gasteiger partial charge >= 0.3 is 6.03 Å². The highest BCUT2D eigenvalue weighted by Crippen LogP contribution is 2.06. The SMILES string of the molecule is Cl.NC(=O)N1CCC(O)C1. The highest BCUT2D eigenvalue weighted by atomic mass is 35.5. The number of aliphatic hydroxyl groups is 1. The van der Waals surface area contributed by atoms with E-state index in [4.69, 9.17) is 10.8 Å². The van der Waals surface area contributed by atoms with Crippen molar-refractivity contribution in [3.8, 4) is 0 Å². The third-order valence-corrected chi connectivity index (χ3v) is 1.48. The Bertz CT molecular complexity index is 131. The van der Waals surface area contributed by atoms with Gasteiger partial charge < -0.3 is 15.7 Å². The average Bonchev–Trinajstić information content (AvgIpc) is 2.14. The van der Waals surface area contributed by atoms with Crippen LogP contribution >= 0.6 is 12.4 Å². The molecule has 0 aliphatic carbocycles. The summed E-state index contributed by atoms with van der Waals surface area (Å²) < 4.78 is 0. The molecule has 0 radical (unpaired) electrons. The molecule has 1 heterocycles. The first-order chi connectivity index (χ1) is 4.20. The van der Waals surface area contributed by atoms with E-state index < -0.39 is 6.03 Å². The van der Waals surface area contributed by atoms with Crippen LogP contribution in [0.5, 0.6) is 0 Å². The molecule has 0 bridgehead atoms. The first-order valence-electron chi connectivity index (χ1n) is 2.92. The van der Waals surface area contributed by atoms with Crippen LogP contribution in [0.15, 0.2) is 0 Å². The number of hydrogen-bond donors (Lipinski definition) is 2. The number of rotatable bonds is 0. The average molecular weight is 167 g/mol. The zero-order chi connectivity index (χ0) is 6.85. The topological polar surface area (TPSA) is 66.6 Å². The Labute approximate surface area is 65.4 Å². The minimum absolute atomic E-state index is 0. The molecule has 0 aromatic rings. The van der Waals surface area contributed by atoms with Crippen LogP contribution in [0.25, 0.3) is 0 Å². The molecule has 0 aromatic heterocycles. The monoisotopic (exact) mass is 166 g/mol. The van der Waals surface area contributed by atoms with Gasteiger partial charge in [-0.15, -0.1) is 12.4 Å². The Morgan fingerprint density at radius 1 is 1.70 bits per heavy atom. The molecule has 0 spiro atoms. The van der Waals surface area contributed by atoms with Gasteiger partial charge in [0.15, 0.2) is 0 Å². The van der Waals surface area contributed by atoms with Crippen molar-refractivity contribution in [2.45, 2.75) is 12.5 Å². The molecule has 5 heteroatoms. The van der Waals surface area contributed by atoms with Gasteiger partial charge in [0.05, 0.1) is 6.10 Å². The number of primary amides is 1. The van der Waals surface area contributed by atoms with Gasteiger partial charge in [-0.1, -0.05) is 0 Å². The summed E-state index contributed by atoms with van der Waals surface area (Å²) >= 11 is 0. The third-order valence-electron chi connectivity index (χ3n) is 1.48. The quantitative estimate of drug-likeness (QED) is 0.512. The van der Waals surface area contributed by atoms with Gasteiger partial charge in [0.25, 0.3) is 0 Å². The predicted octanol–water partition coefficient (Wildman–Crippen LogP) is -0.446. The van der Waals surface area contributed by atoms with Crippen LogP contribution in [-0.2, 0) is 0 Å². The molecule has 4 nitrogen and oxygen atoms in total.